The first kappa shape index (κ1) is 27.8. The van der Waals surface area contributed by atoms with E-state index in [1.54, 1.807) is 0 Å². The Morgan fingerprint density at radius 1 is 1.05 bits per heavy atom. The number of carbonyl (C=O) groups excluding carboxylic acids is 2. The molecule has 4 N–H and O–H groups in total. The molecule has 2 amide bonds. The summed E-state index contributed by atoms with van der Waals surface area (Å²) in [5, 5.41) is 14.6. The van der Waals surface area contributed by atoms with E-state index in [2.05, 4.69) is 40.0 Å². The molecule has 1 atom stereocenters. The Hall–Kier alpha value is -3.72. The molecule has 1 unspecified atom stereocenters. The molecule has 2 saturated heterocycles. The van der Waals surface area contributed by atoms with Crippen LogP contribution in [0, 0.1) is 5.92 Å². The molecule has 2 fully saturated rings. The zero-order chi connectivity index (χ0) is 27.9. The van der Waals surface area contributed by atoms with Crippen LogP contribution in [0.3, 0.4) is 0 Å². The number of hydrogen-bond acceptors (Lipinski definition) is 6. The molecular weight excluding hydrogens is 502 g/mol. The Bertz CT molecular complexity index is 1240. The van der Waals surface area contributed by atoms with Gasteiger partial charge in [-0.05, 0) is 92.1 Å². The Morgan fingerprint density at radius 2 is 1.77 bits per heavy atom. The van der Waals surface area contributed by atoms with Crippen LogP contribution in [0.15, 0.2) is 58.4 Å². The van der Waals surface area contributed by atoms with Gasteiger partial charge in [-0.2, -0.15) is 0 Å². The van der Waals surface area contributed by atoms with Crippen molar-refractivity contribution in [3.63, 3.8) is 0 Å². The number of benzene rings is 2. The van der Waals surface area contributed by atoms with Crippen LogP contribution >= 0.6 is 0 Å². The minimum absolute atomic E-state index is 0.0644. The number of rotatable bonds is 8. The van der Waals surface area contributed by atoms with E-state index in [4.69, 9.17) is 5.84 Å². The number of likely N-dealkylation sites (tertiary alicyclic amines) is 1. The molecular formula is C31H41N7O2. The summed E-state index contributed by atoms with van der Waals surface area (Å²) in [5.41, 5.74) is 5.26. The molecule has 3 aliphatic heterocycles. The van der Waals surface area contributed by atoms with Gasteiger partial charge in [-0.1, -0.05) is 36.4 Å². The summed E-state index contributed by atoms with van der Waals surface area (Å²) in [7, 11) is 0. The quantitative estimate of drug-likeness (QED) is 0.254. The van der Waals surface area contributed by atoms with Crippen molar-refractivity contribution >= 4 is 23.6 Å². The van der Waals surface area contributed by atoms with Crippen LogP contribution in [-0.4, -0.2) is 67.0 Å². The van der Waals surface area contributed by atoms with Gasteiger partial charge in [0.25, 0.3) is 5.91 Å². The number of piperidine rings is 1. The van der Waals surface area contributed by atoms with Gasteiger partial charge in [0, 0.05) is 49.4 Å². The van der Waals surface area contributed by atoms with Crippen LogP contribution in [0.5, 0.6) is 0 Å². The van der Waals surface area contributed by atoms with Gasteiger partial charge in [-0.25, -0.2) is 0 Å². The van der Waals surface area contributed by atoms with Gasteiger partial charge in [-0.3, -0.25) is 9.59 Å². The fourth-order valence-corrected chi connectivity index (χ4v) is 6.00. The first-order chi connectivity index (χ1) is 19.6. The Morgan fingerprint density at radius 3 is 2.48 bits per heavy atom. The highest BCUT2D eigenvalue weighted by molar-refractivity contribution is 5.99. The second-order valence-corrected chi connectivity index (χ2v) is 11.1. The second-order valence-electron chi connectivity index (χ2n) is 11.1. The maximum absolute atomic E-state index is 13.8. The largest absolute Gasteiger partial charge is 0.361 e. The molecule has 0 saturated carbocycles. The Kier molecular flexibility index (Phi) is 9.11. The van der Waals surface area contributed by atoms with Crippen LogP contribution in [0.2, 0.25) is 0 Å². The normalized spacial score (nSPS) is 19.6. The number of nitrogens with two attached hydrogens (primary N) is 1. The van der Waals surface area contributed by atoms with Gasteiger partial charge in [0.05, 0.1) is 0 Å². The average molecular weight is 544 g/mol. The summed E-state index contributed by atoms with van der Waals surface area (Å²) in [5.74, 6) is 6.14. The molecule has 0 radical (unpaired) electrons. The maximum Gasteiger partial charge on any atom is 0.253 e. The molecule has 9 nitrogen and oxygen atoms in total. The van der Waals surface area contributed by atoms with Crippen LogP contribution in [0.1, 0.15) is 61.4 Å². The van der Waals surface area contributed by atoms with E-state index in [0.717, 1.165) is 93.8 Å². The SMILES string of the molecule is CCCN(CC1CCNCC1)C(=O)C1=Cc2ccc(-c3ccc(C(=O)N4CCCC4)cc3)cc2NC(N=NN)C1. The molecule has 40 heavy (non-hydrogen) atoms. The third-order valence-electron chi connectivity index (χ3n) is 8.18. The minimum Gasteiger partial charge on any atom is -0.361 e. The third-order valence-corrected chi connectivity index (χ3v) is 8.18. The number of nitrogens with zero attached hydrogens (tertiary/aromatic N) is 4. The summed E-state index contributed by atoms with van der Waals surface area (Å²) in [6.07, 6.45) is 7.21. The summed E-state index contributed by atoms with van der Waals surface area (Å²) in [6, 6.07) is 13.9. The zero-order valence-electron chi connectivity index (χ0n) is 23.4. The third kappa shape index (κ3) is 6.53. The lowest BCUT2D eigenvalue weighted by atomic mass is 9.96. The lowest BCUT2D eigenvalue weighted by molar-refractivity contribution is -0.128. The van der Waals surface area contributed by atoms with Gasteiger partial charge < -0.3 is 26.3 Å². The molecule has 2 aromatic carbocycles. The standard InChI is InChI=1S/C31H41N7O2/c1-2-15-38(21-22-11-13-33-14-12-22)31(40)27-18-26-10-9-25(19-28(26)34-29(20-27)35-36-32)23-5-7-24(8-6-23)30(39)37-16-3-4-17-37/h5-10,18-19,22,29,33-34H,2-4,11-17,20-21H2,1H3,(H2,32,35). The molecule has 0 bridgehead atoms. The molecule has 212 valence electrons. The summed E-state index contributed by atoms with van der Waals surface area (Å²) in [6.45, 7) is 7.33. The Labute approximate surface area is 236 Å². The van der Waals surface area contributed by atoms with E-state index < -0.39 is 6.17 Å². The van der Waals surface area contributed by atoms with Gasteiger partial charge in [0.1, 0.15) is 6.17 Å². The van der Waals surface area contributed by atoms with Crippen molar-refractivity contribution in [3.8, 4) is 11.1 Å². The molecule has 3 heterocycles. The highest BCUT2D eigenvalue weighted by Crippen LogP contribution is 2.32. The Balaban J connectivity index is 1.38. The van der Waals surface area contributed by atoms with Crippen molar-refractivity contribution in [2.45, 2.75) is 51.6 Å². The molecule has 2 aromatic rings. The van der Waals surface area contributed by atoms with E-state index >= 15 is 0 Å². The molecule has 0 spiro atoms. The van der Waals surface area contributed by atoms with Crippen LogP contribution in [0.25, 0.3) is 17.2 Å². The van der Waals surface area contributed by atoms with E-state index in [1.807, 2.05) is 46.2 Å². The van der Waals surface area contributed by atoms with Crippen molar-refractivity contribution in [2.75, 3.05) is 44.6 Å². The predicted molar refractivity (Wildman–Crippen MR) is 159 cm³/mol. The highest BCUT2D eigenvalue weighted by Gasteiger charge is 2.27. The minimum atomic E-state index is -0.445. The zero-order valence-corrected chi connectivity index (χ0v) is 23.4. The van der Waals surface area contributed by atoms with Crippen molar-refractivity contribution in [1.82, 2.24) is 15.1 Å². The summed E-state index contributed by atoms with van der Waals surface area (Å²) in [4.78, 5) is 30.5. The fraction of sp³-hybridized carbons (Fsp3) is 0.484. The van der Waals surface area contributed by atoms with Crippen LogP contribution < -0.4 is 16.5 Å². The van der Waals surface area contributed by atoms with Crippen LogP contribution in [0.4, 0.5) is 5.69 Å². The molecule has 3 aliphatic rings. The number of hydrogen-bond donors (Lipinski definition) is 3. The first-order valence-electron chi connectivity index (χ1n) is 14.7. The van der Waals surface area contributed by atoms with E-state index in [-0.39, 0.29) is 11.8 Å². The van der Waals surface area contributed by atoms with Gasteiger partial charge in [-0.15, -0.1) is 5.11 Å². The molecule has 5 rings (SSSR count). The number of carbonyl (C=O) groups is 2. The molecule has 0 aromatic heterocycles. The number of amides is 2. The van der Waals surface area contributed by atoms with Crippen molar-refractivity contribution in [3.05, 3.63) is 59.2 Å². The topological polar surface area (TPSA) is 115 Å². The van der Waals surface area contributed by atoms with Crippen molar-refractivity contribution in [2.24, 2.45) is 22.1 Å². The van der Waals surface area contributed by atoms with Crippen molar-refractivity contribution < 1.29 is 9.59 Å². The summed E-state index contributed by atoms with van der Waals surface area (Å²) < 4.78 is 0. The molecule has 9 heteroatoms. The van der Waals surface area contributed by atoms with E-state index in [0.29, 0.717) is 23.5 Å². The van der Waals surface area contributed by atoms with Gasteiger partial charge >= 0.3 is 0 Å². The monoisotopic (exact) mass is 543 g/mol. The lowest BCUT2D eigenvalue weighted by Crippen LogP contribution is -2.40. The van der Waals surface area contributed by atoms with Gasteiger partial charge in [0.2, 0.25) is 5.91 Å². The summed E-state index contributed by atoms with van der Waals surface area (Å²) >= 11 is 0. The second kappa shape index (κ2) is 13.1. The van der Waals surface area contributed by atoms with Crippen LogP contribution in [-0.2, 0) is 4.79 Å². The fourth-order valence-electron chi connectivity index (χ4n) is 6.00. The number of nitrogens with one attached hydrogen (secondary N) is 2. The smallest absolute Gasteiger partial charge is 0.253 e. The average Bonchev–Trinajstić information content (AvgIpc) is 3.46. The van der Waals surface area contributed by atoms with E-state index in [1.165, 1.54) is 0 Å². The highest BCUT2D eigenvalue weighted by atomic mass is 16.2. The predicted octanol–water partition coefficient (Wildman–Crippen LogP) is 4.68. The van der Waals surface area contributed by atoms with E-state index in [9.17, 15) is 9.59 Å². The lowest BCUT2D eigenvalue weighted by Gasteiger charge is -2.30. The van der Waals surface area contributed by atoms with Gasteiger partial charge in [0.15, 0.2) is 0 Å². The number of fused-ring (bicyclic) bond motifs is 1. The van der Waals surface area contributed by atoms with Crippen molar-refractivity contribution in [1.29, 1.82) is 0 Å². The molecule has 0 aliphatic carbocycles. The number of anilines is 1. The first-order valence-corrected chi connectivity index (χ1v) is 14.7. The maximum atomic E-state index is 13.8.